The summed E-state index contributed by atoms with van der Waals surface area (Å²) in [5.41, 5.74) is 1.90. The predicted molar refractivity (Wildman–Crippen MR) is 89.1 cm³/mol. The van der Waals surface area contributed by atoms with Gasteiger partial charge in [0.05, 0.1) is 0 Å². The van der Waals surface area contributed by atoms with Crippen LogP contribution in [0, 0.1) is 5.92 Å². The Morgan fingerprint density at radius 3 is 3.04 bits per heavy atom. The van der Waals surface area contributed by atoms with Crippen molar-refractivity contribution in [3.05, 3.63) is 53.9 Å². The van der Waals surface area contributed by atoms with Gasteiger partial charge < -0.3 is 9.47 Å². The summed E-state index contributed by atoms with van der Waals surface area (Å²) in [6, 6.07) is 9.51. The molecule has 0 spiro atoms. The average molecular weight is 324 g/mol. The molecule has 0 amide bonds. The van der Waals surface area contributed by atoms with Gasteiger partial charge in [0.1, 0.15) is 0 Å². The fourth-order valence-corrected chi connectivity index (χ4v) is 3.45. The number of piperidine rings is 1. The maximum Gasteiger partial charge on any atom is 0.231 e. The molecule has 5 nitrogen and oxygen atoms in total. The molecular formula is C19H20N2O3. The van der Waals surface area contributed by atoms with Crippen LogP contribution in [0.5, 0.6) is 11.5 Å². The summed E-state index contributed by atoms with van der Waals surface area (Å²) in [6.45, 7) is 2.90. The summed E-state index contributed by atoms with van der Waals surface area (Å²) in [7, 11) is 0. The molecule has 1 aromatic carbocycles. The number of benzene rings is 1. The van der Waals surface area contributed by atoms with Crippen molar-refractivity contribution in [2.75, 3.05) is 19.9 Å². The maximum atomic E-state index is 12.9. The first-order valence-electron chi connectivity index (χ1n) is 8.35. The Balaban J connectivity index is 1.44. The second-order valence-corrected chi connectivity index (χ2v) is 6.37. The molecule has 1 aromatic heterocycles. The van der Waals surface area contributed by atoms with E-state index in [-0.39, 0.29) is 18.5 Å². The third-order valence-electron chi connectivity index (χ3n) is 4.66. The minimum absolute atomic E-state index is 0.0378. The highest BCUT2D eigenvalue weighted by molar-refractivity contribution is 5.98. The summed E-state index contributed by atoms with van der Waals surface area (Å²) in [6.07, 6.45) is 5.66. The van der Waals surface area contributed by atoms with E-state index in [1.807, 2.05) is 30.5 Å². The fourth-order valence-electron chi connectivity index (χ4n) is 3.45. The van der Waals surface area contributed by atoms with E-state index in [4.69, 9.17) is 9.47 Å². The number of hydrogen-bond acceptors (Lipinski definition) is 5. The molecule has 0 aliphatic carbocycles. The van der Waals surface area contributed by atoms with Crippen LogP contribution in [-0.4, -0.2) is 35.5 Å². The number of carbonyl (C=O) groups is 1. The van der Waals surface area contributed by atoms with Crippen LogP contribution in [-0.2, 0) is 6.54 Å². The Morgan fingerprint density at radius 1 is 1.25 bits per heavy atom. The molecule has 24 heavy (non-hydrogen) atoms. The van der Waals surface area contributed by atoms with Crippen molar-refractivity contribution in [3.63, 3.8) is 0 Å². The minimum Gasteiger partial charge on any atom is -0.454 e. The molecule has 3 heterocycles. The number of Topliss-reactive ketones (excluding diaryl/α,β-unsaturated/α-hetero) is 1. The van der Waals surface area contributed by atoms with E-state index < -0.39 is 0 Å². The number of pyridine rings is 1. The normalized spacial score (nSPS) is 20.1. The monoisotopic (exact) mass is 324 g/mol. The summed E-state index contributed by atoms with van der Waals surface area (Å²) in [4.78, 5) is 19.4. The van der Waals surface area contributed by atoms with Gasteiger partial charge in [-0.2, -0.15) is 0 Å². The van der Waals surface area contributed by atoms with Crippen LogP contribution in [0.2, 0.25) is 0 Å². The van der Waals surface area contributed by atoms with E-state index in [1.165, 1.54) is 5.56 Å². The van der Waals surface area contributed by atoms with Gasteiger partial charge in [-0.15, -0.1) is 0 Å². The number of fused-ring (bicyclic) bond motifs is 1. The van der Waals surface area contributed by atoms with Crippen molar-refractivity contribution in [2.24, 2.45) is 5.92 Å². The average Bonchev–Trinajstić information content (AvgIpc) is 3.10. The van der Waals surface area contributed by atoms with Gasteiger partial charge in [-0.25, -0.2) is 0 Å². The van der Waals surface area contributed by atoms with Crippen LogP contribution in [0.4, 0.5) is 0 Å². The standard InChI is InChI=1S/C19H20N2O3/c22-19(15-5-6-17-18(9-15)24-13-23-17)16-4-2-8-21(12-16)11-14-3-1-7-20-10-14/h1,3,5-7,9-10,16H,2,4,8,11-13H2. The predicted octanol–water partition coefficient (Wildman–Crippen LogP) is 2.91. The van der Waals surface area contributed by atoms with Gasteiger partial charge in [-0.05, 0) is 49.2 Å². The third kappa shape index (κ3) is 3.12. The lowest BCUT2D eigenvalue weighted by Crippen LogP contribution is -2.38. The molecule has 2 aromatic rings. The van der Waals surface area contributed by atoms with Crippen LogP contribution >= 0.6 is 0 Å². The minimum atomic E-state index is 0.0378. The number of rotatable bonds is 4. The number of aromatic nitrogens is 1. The van der Waals surface area contributed by atoms with Crippen LogP contribution in [0.1, 0.15) is 28.8 Å². The summed E-state index contributed by atoms with van der Waals surface area (Å²) in [5.74, 6) is 1.62. The highest BCUT2D eigenvalue weighted by Gasteiger charge is 2.27. The number of carbonyl (C=O) groups excluding carboxylic acids is 1. The second-order valence-electron chi connectivity index (χ2n) is 6.37. The van der Waals surface area contributed by atoms with Crippen molar-refractivity contribution >= 4 is 5.78 Å². The molecule has 124 valence electrons. The SMILES string of the molecule is O=C(c1ccc2c(c1)OCO2)C1CCCN(Cc2cccnc2)C1. The molecule has 1 unspecified atom stereocenters. The smallest absolute Gasteiger partial charge is 0.231 e. The molecule has 5 heteroatoms. The van der Waals surface area contributed by atoms with Crippen LogP contribution < -0.4 is 9.47 Å². The molecule has 4 rings (SSSR count). The summed E-state index contributed by atoms with van der Waals surface area (Å²) >= 11 is 0. The number of ketones is 1. The molecule has 1 saturated heterocycles. The van der Waals surface area contributed by atoms with Gasteiger partial charge in [-0.1, -0.05) is 6.07 Å². The number of hydrogen-bond donors (Lipinski definition) is 0. The molecular weight excluding hydrogens is 304 g/mol. The fraction of sp³-hybridized carbons (Fsp3) is 0.368. The molecule has 0 radical (unpaired) electrons. The van der Waals surface area contributed by atoms with E-state index in [1.54, 1.807) is 6.20 Å². The second kappa shape index (κ2) is 6.61. The first-order chi connectivity index (χ1) is 11.8. The van der Waals surface area contributed by atoms with E-state index in [0.717, 1.165) is 32.5 Å². The zero-order valence-corrected chi connectivity index (χ0v) is 13.5. The van der Waals surface area contributed by atoms with Crippen molar-refractivity contribution in [3.8, 4) is 11.5 Å². The number of likely N-dealkylation sites (tertiary alicyclic amines) is 1. The highest BCUT2D eigenvalue weighted by Crippen LogP contribution is 2.34. The van der Waals surface area contributed by atoms with E-state index in [0.29, 0.717) is 17.1 Å². The van der Waals surface area contributed by atoms with E-state index >= 15 is 0 Å². The lowest BCUT2D eigenvalue weighted by molar-refractivity contribution is 0.0811. The van der Waals surface area contributed by atoms with Gasteiger partial charge in [-0.3, -0.25) is 14.7 Å². The molecule has 0 bridgehead atoms. The molecule has 0 saturated carbocycles. The van der Waals surface area contributed by atoms with Gasteiger partial charge in [0.15, 0.2) is 17.3 Å². The van der Waals surface area contributed by atoms with Crippen molar-refractivity contribution < 1.29 is 14.3 Å². The Hall–Kier alpha value is -2.40. The Morgan fingerprint density at radius 2 is 2.17 bits per heavy atom. The highest BCUT2D eigenvalue weighted by atomic mass is 16.7. The van der Waals surface area contributed by atoms with Crippen molar-refractivity contribution in [1.82, 2.24) is 9.88 Å². The van der Waals surface area contributed by atoms with Gasteiger partial charge in [0, 0.05) is 37.0 Å². The third-order valence-corrected chi connectivity index (χ3v) is 4.66. The van der Waals surface area contributed by atoms with Crippen molar-refractivity contribution in [1.29, 1.82) is 0 Å². The van der Waals surface area contributed by atoms with Crippen LogP contribution in [0.15, 0.2) is 42.7 Å². The molecule has 0 N–H and O–H groups in total. The zero-order valence-electron chi connectivity index (χ0n) is 13.5. The topological polar surface area (TPSA) is 51.7 Å². The lowest BCUT2D eigenvalue weighted by atomic mass is 9.89. The number of nitrogens with zero attached hydrogens (tertiary/aromatic N) is 2. The first kappa shape index (κ1) is 15.1. The van der Waals surface area contributed by atoms with Gasteiger partial charge in [0.25, 0.3) is 0 Å². The van der Waals surface area contributed by atoms with Crippen LogP contribution in [0.3, 0.4) is 0 Å². The Kier molecular flexibility index (Phi) is 4.17. The largest absolute Gasteiger partial charge is 0.454 e. The van der Waals surface area contributed by atoms with Gasteiger partial charge >= 0.3 is 0 Å². The lowest BCUT2D eigenvalue weighted by Gasteiger charge is -2.32. The summed E-state index contributed by atoms with van der Waals surface area (Å²) < 4.78 is 10.7. The summed E-state index contributed by atoms with van der Waals surface area (Å²) in [5, 5.41) is 0. The Labute approximate surface area is 141 Å². The molecule has 1 fully saturated rings. The molecule has 2 aliphatic rings. The van der Waals surface area contributed by atoms with Crippen molar-refractivity contribution in [2.45, 2.75) is 19.4 Å². The molecule has 1 atom stereocenters. The van der Waals surface area contributed by atoms with E-state index in [9.17, 15) is 4.79 Å². The van der Waals surface area contributed by atoms with Crippen LogP contribution in [0.25, 0.3) is 0 Å². The zero-order chi connectivity index (χ0) is 16.4. The quantitative estimate of drug-likeness (QED) is 0.810. The van der Waals surface area contributed by atoms with E-state index in [2.05, 4.69) is 16.0 Å². The van der Waals surface area contributed by atoms with Gasteiger partial charge in [0.2, 0.25) is 6.79 Å². The molecule has 2 aliphatic heterocycles. The Bertz CT molecular complexity index is 733. The first-order valence-corrected chi connectivity index (χ1v) is 8.35. The number of ether oxygens (including phenoxy) is 2. The maximum absolute atomic E-state index is 12.9.